The van der Waals surface area contributed by atoms with Gasteiger partial charge in [0.25, 0.3) is 0 Å². The number of hydrogen-bond acceptors (Lipinski definition) is 5. The van der Waals surface area contributed by atoms with Gasteiger partial charge < -0.3 is 24.1 Å². The molecule has 0 aromatic carbocycles. The Morgan fingerprint density at radius 2 is 1.59 bits per heavy atom. The Labute approximate surface area is 186 Å². The third-order valence-electron chi connectivity index (χ3n) is 1.59. The van der Waals surface area contributed by atoms with Gasteiger partial charge in [-0.1, -0.05) is 20.9 Å². The summed E-state index contributed by atoms with van der Waals surface area (Å²) in [6.45, 7) is 2.04. The zero-order valence-electron chi connectivity index (χ0n) is 10.4. The maximum absolute atomic E-state index is 10.6. The Morgan fingerprint density at radius 3 is 1.88 bits per heavy atom. The molecule has 0 saturated heterocycles. The second-order valence-electron chi connectivity index (χ2n) is 3.31. The van der Waals surface area contributed by atoms with Gasteiger partial charge in [0, 0.05) is 6.29 Å². The van der Waals surface area contributed by atoms with Crippen LogP contribution in [0.3, 0.4) is 0 Å². The second-order valence-corrected chi connectivity index (χ2v) is 6.42. The van der Waals surface area contributed by atoms with Crippen LogP contribution in [0.25, 0.3) is 0 Å². The van der Waals surface area contributed by atoms with Gasteiger partial charge in [-0.25, -0.2) is 0 Å². The zero-order chi connectivity index (χ0) is 12.1. The zero-order valence-corrected chi connectivity index (χ0v) is 18.4. The summed E-state index contributed by atoms with van der Waals surface area (Å²) >= 11 is 0. The van der Waals surface area contributed by atoms with Gasteiger partial charge >= 0.3 is 110 Å². The van der Waals surface area contributed by atoms with Crippen LogP contribution in [0.4, 0.5) is 0 Å². The van der Waals surface area contributed by atoms with Gasteiger partial charge in [-0.15, -0.1) is 0 Å². The molecule has 0 spiro atoms. The number of nitrogens with zero attached hydrogens (tertiary/aromatic N) is 1. The molecule has 2 N–H and O–H groups in total. The molecule has 0 aliphatic rings. The van der Waals surface area contributed by atoms with Gasteiger partial charge in [0.2, 0.25) is 0 Å². The first-order valence-corrected chi connectivity index (χ1v) is 7.94. The summed E-state index contributed by atoms with van der Waals surface area (Å²) in [6, 6.07) is 0. The SMILES string of the molecule is CCCCN(CP(=O)([O-])[O-])CP(=O)(O)O.[K+].[K+]. The summed E-state index contributed by atoms with van der Waals surface area (Å²) in [5.74, 6) is 0. The van der Waals surface area contributed by atoms with E-state index in [0.29, 0.717) is 6.42 Å². The molecule has 0 aromatic heterocycles. The van der Waals surface area contributed by atoms with Crippen molar-refractivity contribution in [2.24, 2.45) is 0 Å². The molecule has 0 unspecified atom stereocenters. The summed E-state index contributed by atoms with van der Waals surface area (Å²) in [6.07, 6.45) is -0.195. The molecule has 7 nitrogen and oxygen atoms in total. The van der Waals surface area contributed by atoms with Crippen molar-refractivity contribution in [3.8, 4) is 0 Å². The van der Waals surface area contributed by atoms with Gasteiger partial charge in [0.1, 0.15) is 6.29 Å². The molecule has 17 heavy (non-hydrogen) atoms. The molecule has 0 rings (SSSR count). The monoisotopic (exact) mass is 337 g/mol. The third kappa shape index (κ3) is 19.5. The van der Waals surface area contributed by atoms with Crippen molar-refractivity contribution in [2.45, 2.75) is 19.8 Å². The quantitative estimate of drug-likeness (QED) is 0.349. The van der Waals surface area contributed by atoms with E-state index in [1.165, 1.54) is 0 Å². The molecular formula is C6H15K2NO6P2. The van der Waals surface area contributed by atoms with Gasteiger partial charge in [0.05, 0.1) is 0 Å². The van der Waals surface area contributed by atoms with Crippen LogP contribution in [0.2, 0.25) is 0 Å². The molecule has 0 aliphatic heterocycles. The van der Waals surface area contributed by atoms with Crippen LogP contribution in [0.15, 0.2) is 0 Å². The third-order valence-corrected chi connectivity index (χ3v) is 3.10. The maximum atomic E-state index is 10.6. The second kappa shape index (κ2) is 12.1. The molecule has 0 radical (unpaired) electrons. The van der Waals surface area contributed by atoms with Gasteiger partial charge in [0.15, 0.2) is 0 Å². The molecule has 0 amide bonds. The average molecular weight is 337 g/mol. The fraction of sp³-hybridized carbons (Fsp3) is 1.00. The topological polar surface area (TPSA) is 124 Å². The van der Waals surface area contributed by atoms with Crippen LogP contribution in [0, 0.1) is 0 Å². The van der Waals surface area contributed by atoms with E-state index < -0.39 is 27.8 Å². The van der Waals surface area contributed by atoms with E-state index in [2.05, 4.69) is 0 Å². The van der Waals surface area contributed by atoms with Crippen LogP contribution in [0.1, 0.15) is 19.8 Å². The molecule has 11 heteroatoms. The van der Waals surface area contributed by atoms with E-state index in [0.717, 1.165) is 11.3 Å². The van der Waals surface area contributed by atoms with E-state index in [1.807, 2.05) is 6.92 Å². The molecule has 0 atom stereocenters. The molecular weight excluding hydrogens is 322 g/mol. The summed E-state index contributed by atoms with van der Waals surface area (Å²) < 4.78 is 21.1. The molecule has 0 aromatic rings. The number of unbranched alkanes of at least 4 members (excludes halogenated alkanes) is 1. The minimum absolute atomic E-state index is 0. The van der Waals surface area contributed by atoms with Crippen molar-refractivity contribution in [3.63, 3.8) is 0 Å². The first-order valence-electron chi connectivity index (χ1n) is 4.42. The Kier molecular flexibility index (Phi) is 18.2. The first kappa shape index (κ1) is 25.5. The fourth-order valence-corrected chi connectivity index (χ4v) is 2.72. The minimum atomic E-state index is -4.77. The van der Waals surface area contributed by atoms with Crippen molar-refractivity contribution in [1.82, 2.24) is 4.90 Å². The van der Waals surface area contributed by atoms with Crippen molar-refractivity contribution < 1.29 is 131 Å². The molecule has 0 heterocycles. The van der Waals surface area contributed by atoms with Crippen LogP contribution in [0.5, 0.6) is 0 Å². The van der Waals surface area contributed by atoms with Crippen LogP contribution >= 0.6 is 15.2 Å². The van der Waals surface area contributed by atoms with E-state index in [9.17, 15) is 18.9 Å². The summed E-state index contributed by atoms with van der Waals surface area (Å²) in [4.78, 5) is 39.2. The summed E-state index contributed by atoms with van der Waals surface area (Å²) in [7, 11) is -9.09. The summed E-state index contributed by atoms with van der Waals surface area (Å²) in [5, 5.41) is 0. The number of hydrogen-bond donors (Lipinski definition) is 2. The van der Waals surface area contributed by atoms with Crippen molar-refractivity contribution >= 4 is 15.2 Å². The predicted molar refractivity (Wildman–Crippen MR) is 51.0 cm³/mol. The average Bonchev–Trinajstić information content (AvgIpc) is 1.94. The number of rotatable bonds is 7. The molecule has 0 aliphatic carbocycles. The van der Waals surface area contributed by atoms with Crippen molar-refractivity contribution in [2.75, 3.05) is 19.1 Å². The fourth-order valence-electron chi connectivity index (χ4n) is 1.07. The predicted octanol–water partition coefficient (Wildman–Crippen LogP) is -6.90. The summed E-state index contributed by atoms with van der Waals surface area (Å²) in [5.41, 5.74) is 0. The van der Waals surface area contributed by atoms with E-state index in [4.69, 9.17) is 9.79 Å². The van der Waals surface area contributed by atoms with E-state index in [-0.39, 0.29) is 109 Å². The Bertz CT molecular complexity index is 256. The molecule has 92 valence electrons. The Morgan fingerprint density at radius 1 is 1.12 bits per heavy atom. The standard InChI is InChI=1S/C6H17NO6P2.2K/c1-2-3-4-7(5-14(8,9)10)6-15(11,12)13;;/h2-6H2,1H3,(H2,8,9,10)(H2,11,12,13);;/q;2*+1/p-2. The van der Waals surface area contributed by atoms with Crippen LogP contribution in [-0.2, 0) is 9.13 Å². The molecule has 0 bridgehead atoms. The Balaban J connectivity index is -0.000000980. The van der Waals surface area contributed by atoms with Crippen molar-refractivity contribution in [3.05, 3.63) is 0 Å². The van der Waals surface area contributed by atoms with Gasteiger partial charge in [-0.05, 0) is 13.0 Å². The van der Waals surface area contributed by atoms with Gasteiger partial charge in [-0.3, -0.25) is 9.46 Å². The van der Waals surface area contributed by atoms with Gasteiger partial charge in [-0.2, -0.15) is 0 Å². The van der Waals surface area contributed by atoms with Crippen LogP contribution in [-0.4, -0.2) is 33.8 Å². The maximum Gasteiger partial charge on any atom is 1.00 e. The smallest absolute Gasteiger partial charge is 0.810 e. The largest absolute Gasteiger partial charge is 1.00 e. The van der Waals surface area contributed by atoms with Crippen molar-refractivity contribution in [1.29, 1.82) is 0 Å². The molecule has 0 fully saturated rings. The van der Waals surface area contributed by atoms with E-state index in [1.54, 1.807) is 0 Å². The van der Waals surface area contributed by atoms with Crippen LogP contribution < -0.4 is 113 Å². The normalized spacial score (nSPS) is 11.9. The minimum Gasteiger partial charge on any atom is -0.810 e. The first-order chi connectivity index (χ1) is 6.64. The molecule has 0 saturated carbocycles. The van der Waals surface area contributed by atoms with E-state index >= 15 is 0 Å². The Hall–Kier alpha value is 3.53.